The van der Waals surface area contributed by atoms with Crippen LogP contribution in [0.4, 0.5) is 5.69 Å². The van der Waals surface area contributed by atoms with E-state index in [4.69, 9.17) is 15.6 Å². The fourth-order valence-corrected chi connectivity index (χ4v) is 2.34. The summed E-state index contributed by atoms with van der Waals surface area (Å²) in [7, 11) is 0. The average molecular weight is 249 g/mol. The van der Waals surface area contributed by atoms with Crippen LogP contribution in [0.15, 0.2) is 18.2 Å². The highest BCUT2D eigenvalue weighted by Gasteiger charge is 2.21. The first kappa shape index (κ1) is 12.7. The van der Waals surface area contributed by atoms with Crippen LogP contribution in [0.3, 0.4) is 0 Å². The fourth-order valence-electron chi connectivity index (χ4n) is 2.34. The van der Waals surface area contributed by atoms with Gasteiger partial charge in [0.2, 0.25) is 0 Å². The fraction of sp³-hybridized carbons (Fsp3) is 0.500. The smallest absolute Gasteiger partial charge is 0.339 e. The lowest BCUT2D eigenvalue weighted by molar-refractivity contribution is 0.0684. The van der Waals surface area contributed by atoms with E-state index >= 15 is 0 Å². The summed E-state index contributed by atoms with van der Waals surface area (Å²) in [6.07, 6.45) is 4.34. The first-order valence-electron chi connectivity index (χ1n) is 6.35. The highest BCUT2D eigenvalue weighted by molar-refractivity contribution is 5.91. The summed E-state index contributed by atoms with van der Waals surface area (Å²) in [5.74, 6) is 0.154. The van der Waals surface area contributed by atoms with Crippen LogP contribution >= 0.6 is 0 Å². The van der Waals surface area contributed by atoms with Crippen LogP contribution in [-0.2, 0) is 0 Å². The summed E-state index contributed by atoms with van der Waals surface area (Å²) in [6, 6.07) is 4.68. The van der Waals surface area contributed by atoms with E-state index < -0.39 is 5.97 Å². The van der Waals surface area contributed by atoms with Crippen molar-refractivity contribution < 1.29 is 14.6 Å². The minimum Gasteiger partial charge on any atom is -0.489 e. The number of carboxylic acids is 1. The molecule has 0 atom stereocenters. The molecule has 0 bridgehead atoms. The molecule has 1 fully saturated rings. The molecule has 0 amide bonds. The molecular weight excluding hydrogens is 230 g/mol. The predicted molar refractivity (Wildman–Crippen MR) is 69.9 cm³/mol. The molecule has 1 aliphatic rings. The minimum atomic E-state index is -0.978. The van der Waals surface area contributed by atoms with E-state index in [-0.39, 0.29) is 11.7 Å². The third-order valence-corrected chi connectivity index (χ3v) is 3.49. The molecule has 0 aliphatic heterocycles. The van der Waals surface area contributed by atoms with Gasteiger partial charge in [-0.05, 0) is 43.7 Å². The molecule has 0 heterocycles. The Bertz CT molecular complexity index is 437. The van der Waals surface area contributed by atoms with Gasteiger partial charge in [0.05, 0.1) is 6.10 Å². The zero-order valence-corrected chi connectivity index (χ0v) is 10.6. The van der Waals surface area contributed by atoms with Gasteiger partial charge in [-0.3, -0.25) is 0 Å². The lowest BCUT2D eigenvalue weighted by Gasteiger charge is -2.27. The van der Waals surface area contributed by atoms with Crippen molar-refractivity contribution in [2.75, 3.05) is 5.73 Å². The molecule has 0 aromatic heterocycles. The highest BCUT2D eigenvalue weighted by Crippen LogP contribution is 2.29. The number of ether oxygens (including phenoxy) is 1. The molecule has 1 saturated carbocycles. The van der Waals surface area contributed by atoms with Gasteiger partial charge in [0.15, 0.2) is 0 Å². The second-order valence-electron chi connectivity index (χ2n) is 5.06. The van der Waals surface area contributed by atoms with Gasteiger partial charge >= 0.3 is 5.97 Å². The monoisotopic (exact) mass is 249 g/mol. The van der Waals surface area contributed by atoms with Gasteiger partial charge in [0.1, 0.15) is 11.3 Å². The van der Waals surface area contributed by atoms with E-state index in [1.807, 2.05) is 0 Å². The Balaban J connectivity index is 2.12. The van der Waals surface area contributed by atoms with Gasteiger partial charge in [-0.15, -0.1) is 0 Å². The lowest BCUT2D eigenvalue weighted by atomic mass is 9.89. The summed E-state index contributed by atoms with van der Waals surface area (Å²) in [4.78, 5) is 11.1. The second-order valence-corrected chi connectivity index (χ2v) is 5.06. The van der Waals surface area contributed by atoms with Crippen molar-refractivity contribution in [3.8, 4) is 5.75 Å². The number of hydrogen-bond acceptors (Lipinski definition) is 3. The van der Waals surface area contributed by atoms with Crippen LogP contribution in [0.5, 0.6) is 5.75 Å². The van der Waals surface area contributed by atoms with Crippen molar-refractivity contribution in [2.24, 2.45) is 5.92 Å². The predicted octanol–water partition coefficient (Wildman–Crippen LogP) is 2.92. The van der Waals surface area contributed by atoms with Crippen molar-refractivity contribution in [3.63, 3.8) is 0 Å². The quantitative estimate of drug-likeness (QED) is 0.808. The van der Waals surface area contributed by atoms with E-state index in [0.29, 0.717) is 11.4 Å². The zero-order chi connectivity index (χ0) is 13.1. The standard InChI is InChI=1S/C14H19NO3/c1-9-2-5-11(6-3-9)18-13-8-10(15)4-7-12(13)14(16)17/h4,7-9,11H,2-3,5-6,15H2,1H3,(H,16,17). The van der Waals surface area contributed by atoms with Crippen LogP contribution in [0.1, 0.15) is 43.0 Å². The van der Waals surface area contributed by atoms with E-state index in [9.17, 15) is 4.79 Å². The third kappa shape index (κ3) is 2.94. The molecule has 3 N–H and O–H groups in total. The zero-order valence-electron chi connectivity index (χ0n) is 10.6. The summed E-state index contributed by atoms with van der Waals surface area (Å²) in [5.41, 5.74) is 6.39. The first-order chi connectivity index (χ1) is 8.56. The van der Waals surface area contributed by atoms with Gasteiger partial charge in [-0.1, -0.05) is 6.92 Å². The molecule has 4 heteroatoms. The first-order valence-corrected chi connectivity index (χ1v) is 6.35. The molecule has 0 spiro atoms. The molecule has 1 aromatic carbocycles. The molecular formula is C14H19NO3. The van der Waals surface area contributed by atoms with Crippen LogP contribution in [0.2, 0.25) is 0 Å². The van der Waals surface area contributed by atoms with Crippen molar-refractivity contribution in [1.29, 1.82) is 0 Å². The van der Waals surface area contributed by atoms with Crippen LogP contribution < -0.4 is 10.5 Å². The molecule has 0 unspecified atom stereocenters. The van der Waals surface area contributed by atoms with Gasteiger partial charge in [-0.2, -0.15) is 0 Å². The Morgan fingerprint density at radius 2 is 2.00 bits per heavy atom. The van der Waals surface area contributed by atoms with Gasteiger partial charge in [-0.25, -0.2) is 4.79 Å². The number of anilines is 1. The number of nitrogen functional groups attached to an aromatic ring is 1. The van der Waals surface area contributed by atoms with E-state index in [1.54, 1.807) is 12.1 Å². The molecule has 98 valence electrons. The Morgan fingerprint density at radius 3 is 2.61 bits per heavy atom. The van der Waals surface area contributed by atoms with Crippen molar-refractivity contribution in [1.82, 2.24) is 0 Å². The van der Waals surface area contributed by atoms with E-state index in [0.717, 1.165) is 31.6 Å². The molecule has 2 rings (SSSR count). The SMILES string of the molecule is CC1CCC(Oc2cc(N)ccc2C(=O)O)CC1. The maximum Gasteiger partial charge on any atom is 0.339 e. The van der Waals surface area contributed by atoms with Gasteiger partial charge in [0.25, 0.3) is 0 Å². The Kier molecular flexibility index (Phi) is 3.75. The van der Waals surface area contributed by atoms with Crippen molar-refractivity contribution in [3.05, 3.63) is 23.8 Å². The molecule has 1 aliphatic carbocycles. The van der Waals surface area contributed by atoms with Crippen LogP contribution in [-0.4, -0.2) is 17.2 Å². The number of aromatic carboxylic acids is 1. The summed E-state index contributed by atoms with van der Waals surface area (Å²) < 4.78 is 5.82. The number of benzene rings is 1. The number of rotatable bonds is 3. The van der Waals surface area contributed by atoms with Crippen molar-refractivity contribution >= 4 is 11.7 Å². The molecule has 0 saturated heterocycles. The summed E-state index contributed by atoms with van der Waals surface area (Å²) >= 11 is 0. The Labute approximate surface area is 107 Å². The molecule has 4 nitrogen and oxygen atoms in total. The number of carboxylic acid groups (broad SMARTS) is 1. The van der Waals surface area contributed by atoms with Crippen LogP contribution in [0, 0.1) is 5.92 Å². The van der Waals surface area contributed by atoms with E-state index in [2.05, 4.69) is 6.92 Å². The highest BCUT2D eigenvalue weighted by atomic mass is 16.5. The molecule has 1 aromatic rings. The van der Waals surface area contributed by atoms with Crippen LogP contribution in [0.25, 0.3) is 0 Å². The topological polar surface area (TPSA) is 72.5 Å². The summed E-state index contributed by atoms with van der Waals surface area (Å²) in [6.45, 7) is 2.24. The lowest BCUT2D eigenvalue weighted by Crippen LogP contribution is -2.24. The number of carbonyl (C=O) groups is 1. The van der Waals surface area contributed by atoms with Crippen molar-refractivity contribution in [2.45, 2.75) is 38.7 Å². The Morgan fingerprint density at radius 1 is 1.33 bits per heavy atom. The maximum atomic E-state index is 11.1. The maximum absolute atomic E-state index is 11.1. The third-order valence-electron chi connectivity index (χ3n) is 3.49. The Hall–Kier alpha value is -1.71. The number of hydrogen-bond donors (Lipinski definition) is 2. The second kappa shape index (κ2) is 5.29. The van der Waals surface area contributed by atoms with Gasteiger partial charge < -0.3 is 15.6 Å². The number of nitrogens with two attached hydrogens (primary N) is 1. The molecule has 0 radical (unpaired) electrons. The van der Waals surface area contributed by atoms with Gasteiger partial charge in [0, 0.05) is 11.8 Å². The average Bonchev–Trinajstić information content (AvgIpc) is 2.32. The molecule has 18 heavy (non-hydrogen) atoms. The minimum absolute atomic E-state index is 0.112. The normalized spacial score (nSPS) is 23.6. The largest absolute Gasteiger partial charge is 0.489 e. The summed E-state index contributed by atoms with van der Waals surface area (Å²) in [5, 5.41) is 9.11. The van der Waals surface area contributed by atoms with E-state index in [1.165, 1.54) is 6.07 Å².